The lowest BCUT2D eigenvalue weighted by Crippen LogP contribution is -2.26. The summed E-state index contributed by atoms with van der Waals surface area (Å²) in [4.78, 5) is 0. The Balaban J connectivity index is 2.15. The van der Waals surface area contributed by atoms with E-state index in [1.54, 1.807) is 0 Å². The summed E-state index contributed by atoms with van der Waals surface area (Å²) < 4.78 is 38.1. The van der Waals surface area contributed by atoms with Gasteiger partial charge in [0.15, 0.2) is 0 Å². The lowest BCUT2D eigenvalue weighted by Gasteiger charge is -2.29. The van der Waals surface area contributed by atoms with Crippen LogP contribution in [0.1, 0.15) is 43.7 Å². The minimum atomic E-state index is -4.27. The first-order chi connectivity index (χ1) is 8.86. The predicted octanol–water partition coefficient (Wildman–Crippen LogP) is 5.00. The molecule has 2 rings (SSSR count). The number of nitrogens with one attached hydrogen (secondary N) is 1. The van der Waals surface area contributed by atoms with Crippen LogP contribution in [-0.2, 0) is 6.18 Å². The number of alkyl halides is 3. The van der Waals surface area contributed by atoms with Gasteiger partial charge in [0.25, 0.3) is 0 Å². The molecule has 0 amide bonds. The molecule has 0 bridgehead atoms. The van der Waals surface area contributed by atoms with E-state index in [1.165, 1.54) is 18.6 Å². The van der Waals surface area contributed by atoms with Crippen LogP contribution < -0.4 is 5.32 Å². The van der Waals surface area contributed by atoms with Crippen molar-refractivity contribution < 1.29 is 13.2 Å². The van der Waals surface area contributed by atoms with E-state index >= 15 is 0 Å². The Hall–Kier alpha value is -1.19. The van der Waals surface area contributed by atoms with Gasteiger partial charge in [-0.3, -0.25) is 0 Å². The number of hydrogen-bond acceptors (Lipinski definition) is 1. The smallest absolute Gasteiger partial charge is 0.382 e. The Morgan fingerprint density at radius 2 is 1.95 bits per heavy atom. The minimum Gasteiger partial charge on any atom is -0.382 e. The zero-order chi connectivity index (χ0) is 14.0. The van der Waals surface area contributed by atoms with Crippen LogP contribution in [0.5, 0.6) is 0 Å². The average Bonchev–Trinajstić information content (AvgIpc) is 2.30. The van der Waals surface area contributed by atoms with E-state index in [4.69, 9.17) is 0 Å². The van der Waals surface area contributed by atoms with Crippen molar-refractivity contribution in [2.45, 2.75) is 51.7 Å². The number of aryl methyl sites for hydroxylation is 1. The van der Waals surface area contributed by atoms with Gasteiger partial charge in [0.05, 0.1) is 5.56 Å². The Morgan fingerprint density at radius 3 is 2.58 bits per heavy atom. The van der Waals surface area contributed by atoms with Crippen LogP contribution in [0.3, 0.4) is 0 Å². The fraction of sp³-hybridized carbons (Fsp3) is 0.600. The van der Waals surface area contributed by atoms with Gasteiger partial charge in [-0.1, -0.05) is 25.8 Å². The Kier molecular flexibility index (Phi) is 4.07. The van der Waals surface area contributed by atoms with Crippen molar-refractivity contribution in [2.75, 3.05) is 5.32 Å². The summed E-state index contributed by atoms with van der Waals surface area (Å²) in [6.07, 6.45) is 0.177. The average molecular weight is 271 g/mol. The second-order valence-electron chi connectivity index (χ2n) is 5.64. The van der Waals surface area contributed by atoms with E-state index in [0.717, 1.165) is 30.9 Å². The quantitative estimate of drug-likeness (QED) is 0.797. The molecule has 1 aliphatic rings. The van der Waals surface area contributed by atoms with Gasteiger partial charge in [-0.2, -0.15) is 13.2 Å². The standard InChI is InChI=1S/C15H20F3N/c1-10-4-3-5-13(8-10)19-14-9-12(15(16,17)18)7-6-11(14)2/h6-7,9-10,13,19H,3-5,8H2,1-2H3. The van der Waals surface area contributed by atoms with Crippen LogP contribution in [0.2, 0.25) is 0 Å². The molecule has 2 atom stereocenters. The molecule has 0 aromatic heterocycles. The van der Waals surface area contributed by atoms with Gasteiger partial charge >= 0.3 is 6.18 Å². The van der Waals surface area contributed by atoms with Crippen molar-refractivity contribution in [2.24, 2.45) is 5.92 Å². The fourth-order valence-electron chi connectivity index (χ4n) is 2.74. The Bertz CT molecular complexity index is 440. The van der Waals surface area contributed by atoms with E-state index in [-0.39, 0.29) is 0 Å². The molecule has 0 spiro atoms. The maximum atomic E-state index is 12.7. The predicted molar refractivity (Wildman–Crippen MR) is 71.2 cm³/mol. The summed E-state index contributed by atoms with van der Waals surface area (Å²) in [5.41, 5.74) is 0.907. The van der Waals surface area contributed by atoms with E-state index in [0.29, 0.717) is 17.6 Å². The van der Waals surface area contributed by atoms with E-state index in [1.807, 2.05) is 6.92 Å². The largest absolute Gasteiger partial charge is 0.416 e. The van der Waals surface area contributed by atoms with Gasteiger partial charge < -0.3 is 5.32 Å². The molecule has 4 heteroatoms. The molecule has 2 unspecified atom stereocenters. The van der Waals surface area contributed by atoms with Crippen LogP contribution in [-0.4, -0.2) is 6.04 Å². The molecular weight excluding hydrogens is 251 g/mol. The topological polar surface area (TPSA) is 12.0 Å². The van der Waals surface area contributed by atoms with Gasteiger partial charge in [-0.15, -0.1) is 0 Å². The summed E-state index contributed by atoms with van der Waals surface area (Å²) in [7, 11) is 0. The molecule has 1 nitrogen and oxygen atoms in total. The molecule has 1 aromatic rings. The van der Waals surface area contributed by atoms with Crippen molar-refractivity contribution in [3.63, 3.8) is 0 Å². The molecule has 1 fully saturated rings. The molecule has 0 radical (unpaired) electrons. The summed E-state index contributed by atoms with van der Waals surface area (Å²) in [6.45, 7) is 4.04. The molecule has 106 valence electrons. The number of halogens is 3. The third-order valence-electron chi connectivity index (χ3n) is 3.86. The molecule has 1 aromatic carbocycles. The van der Waals surface area contributed by atoms with Gasteiger partial charge in [-0.05, 0) is 43.4 Å². The van der Waals surface area contributed by atoms with Crippen LogP contribution in [0, 0.1) is 12.8 Å². The van der Waals surface area contributed by atoms with Crippen LogP contribution >= 0.6 is 0 Å². The number of anilines is 1. The Morgan fingerprint density at radius 1 is 1.21 bits per heavy atom. The Labute approximate surface area is 112 Å². The maximum absolute atomic E-state index is 12.7. The monoisotopic (exact) mass is 271 g/mol. The molecular formula is C15H20F3N. The highest BCUT2D eigenvalue weighted by molar-refractivity contribution is 5.54. The van der Waals surface area contributed by atoms with Crippen molar-refractivity contribution in [1.82, 2.24) is 0 Å². The van der Waals surface area contributed by atoms with Crippen molar-refractivity contribution >= 4 is 5.69 Å². The molecule has 1 aliphatic carbocycles. The number of benzene rings is 1. The molecule has 1 saturated carbocycles. The van der Waals surface area contributed by atoms with Crippen molar-refractivity contribution in [3.05, 3.63) is 29.3 Å². The van der Waals surface area contributed by atoms with E-state index < -0.39 is 11.7 Å². The third kappa shape index (κ3) is 3.64. The molecule has 1 N–H and O–H groups in total. The van der Waals surface area contributed by atoms with Crippen LogP contribution in [0.4, 0.5) is 18.9 Å². The van der Waals surface area contributed by atoms with Crippen LogP contribution in [0.25, 0.3) is 0 Å². The molecule has 19 heavy (non-hydrogen) atoms. The van der Waals surface area contributed by atoms with Gasteiger partial charge in [0.2, 0.25) is 0 Å². The zero-order valence-corrected chi connectivity index (χ0v) is 11.3. The third-order valence-corrected chi connectivity index (χ3v) is 3.86. The first-order valence-electron chi connectivity index (χ1n) is 6.80. The zero-order valence-electron chi connectivity index (χ0n) is 11.3. The van der Waals surface area contributed by atoms with Crippen molar-refractivity contribution in [3.8, 4) is 0 Å². The number of rotatable bonds is 2. The summed E-state index contributed by atoms with van der Waals surface area (Å²) in [5, 5.41) is 3.29. The van der Waals surface area contributed by atoms with Crippen molar-refractivity contribution in [1.29, 1.82) is 0 Å². The second-order valence-corrected chi connectivity index (χ2v) is 5.64. The fourth-order valence-corrected chi connectivity index (χ4v) is 2.74. The highest BCUT2D eigenvalue weighted by Gasteiger charge is 2.31. The summed E-state index contributed by atoms with van der Waals surface area (Å²) >= 11 is 0. The normalized spacial score (nSPS) is 24.3. The lowest BCUT2D eigenvalue weighted by atomic mass is 9.87. The van der Waals surface area contributed by atoms with Crippen LogP contribution in [0.15, 0.2) is 18.2 Å². The molecule has 0 aliphatic heterocycles. The second kappa shape index (κ2) is 5.43. The maximum Gasteiger partial charge on any atom is 0.416 e. The van der Waals surface area contributed by atoms with Gasteiger partial charge in [0, 0.05) is 11.7 Å². The first-order valence-corrected chi connectivity index (χ1v) is 6.80. The van der Waals surface area contributed by atoms with E-state index in [2.05, 4.69) is 12.2 Å². The van der Waals surface area contributed by atoms with Gasteiger partial charge in [0.1, 0.15) is 0 Å². The first kappa shape index (κ1) is 14.2. The SMILES string of the molecule is Cc1ccc(C(F)(F)F)cc1NC1CCCC(C)C1. The number of hydrogen-bond donors (Lipinski definition) is 1. The molecule has 0 heterocycles. The lowest BCUT2D eigenvalue weighted by molar-refractivity contribution is -0.137. The van der Waals surface area contributed by atoms with E-state index in [9.17, 15) is 13.2 Å². The molecule has 0 saturated heterocycles. The highest BCUT2D eigenvalue weighted by atomic mass is 19.4. The van der Waals surface area contributed by atoms with Gasteiger partial charge in [-0.25, -0.2) is 0 Å². The highest BCUT2D eigenvalue weighted by Crippen LogP contribution is 2.33. The summed E-state index contributed by atoms with van der Waals surface area (Å²) in [5.74, 6) is 0.650. The minimum absolute atomic E-state index is 0.297. The summed E-state index contributed by atoms with van der Waals surface area (Å²) in [6, 6.07) is 4.21.